The summed E-state index contributed by atoms with van der Waals surface area (Å²) in [6.07, 6.45) is -0.812. The zero-order valence-electron chi connectivity index (χ0n) is 11.9. The molecular formula is C15H16F2O4S. The fourth-order valence-corrected chi connectivity index (χ4v) is 3.14. The second-order valence-electron chi connectivity index (χ2n) is 5.45. The highest BCUT2D eigenvalue weighted by atomic mass is 32.2. The SMILES string of the molecule is CS(=O)(=O)c1ccc(C(=CC2C[C@@H](F)[C@@H](F)C2)C(=O)O)cc1. The summed E-state index contributed by atoms with van der Waals surface area (Å²) in [5.74, 6) is -1.70. The Hall–Kier alpha value is -1.76. The molecule has 0 aliphatic heterocycles. The van der Waals surface area contributed by atoms with Crippen LogP contribution in [-0.4, -0.2) is 38.1 Å². The third-order valence-corrected chi connectivity index (χ3v) is 4.80. The largest absolute Gasteiger partial charge is 0.478 e. The van der Waals surface area contributed by atoms with Gasteiger partial charge in [-0.05, 0) is 36.5 Å². The summed E-state index contributed by atoms with van der Waals surface area (Å²) in [5.41, 5.74) is 0.226. The van der Waals surface area contributed by atoms with Gasteiger partial charge in [-0.2, -0.15) is 0 Å². The summed E-state index contributed by atoms with van der Waals surface area (Å²) in [6, 6.07) is 5.38. The van der Waals surface area contributed by atoms with Crippen molar-refractivity contribution in [1.29, 1.82) is 0 Å². The van der Waals surface area contributed by atoms with Crippen LogP contribution in [0.25, 0.3) is 5.57 Å². The Morgan fingerprint density at radius 3 is 2.09 bits per heavy atom. The van der Waals surface area contributed by atoms with Gasteiger partial charge in [0.05, 0.1) is 10.5 Å². The molecule has 7 heteroatoms. The number of benzene rings is 1. The van der Waals surface area contributed by atoms with Gasteiger partial charge in [-0.25, -0.2) is 22.0 Å². The van der Waals surface area contributed by atoms with Gasteiger partial charge in [0, 0.05) is 6.26 Å². The number of carboxylic acids is 1. The Kier molecular flexibility index (Phi) is 4.65. The van der Waals surface area contributed by atoms with Crippen LogP contribution in [0.2, 0.25) is 0 Å². The van der Waals surface area contributed by atoms with Crippen LogP contribution in [0.4, 0.5) is 8.78 Å². The first-order chi connectivity index (χ1) is 10.2. The van der Waals surface area contributed by atoms with Crippen molar-refractivity contribution in [3.05, 3.63) is 35.9 Å². The minimum atomic E-state index is -3.37. The van der Waals surface area contributed by atoms with Crippen LogP contribution in [0.5, 0.6) is 0 Å². The van der Waals surface area contributed by atoms with E-state index in [9.17, 15) is 27.1 Å². The first kappa shape index (κ1) is 16.6. The number of carbonyl (C=O) groups is 1. The topological polar surface area (TPSA) is 71.4 Å². The lowest BCUT2D eigenvalue weighted by molar-refractivity contribution is -0.130. The minimum Gasteiger partial charge on any atom is -0.478 e. The van der Waals surface area contributed by atoms with Crippen molar-refractivity contribution >= 4 is 21.4 Å². The van der Waals surface area contributed by atoms with Crippen LogP contribution in [0.15, 0.2) is 35.2 Å². The number of sulfone groups is 1. The number of rotatable bonds is 4. The molecule has 1 unspecified atom stereocenters. The molecule has 120 valence electrons. The Bertz CT molecular complexity index is 685. The van der Waals surface area contributed by atoms with Gasteiger partial charge in [-0.15, -0.1) is 0 Å². The molecule has 0 heterocycles. The Balaban J connectivity index is 2.31. The van der Waals surface area contributed by atoms with Crippen LogP contribution in [0.1, 0.15) is 18.4 Å². The molecule has 1 N–H and O–H groups in total. The van der Waals surface area contributed by atoms with Crippen molar-refractivity contribution < 1.29 is 27.1 Å². The van der Waals surface area contributed by atoms with Crippen molar-refractivity contribution in [2.24, 2.45) is 5.92 Å². The highest BCUT2D eigenvalue weighted by Gasteiger charge is 2.34. The second kappa shape index (κ2) is 6.16. The Morgan fingerprint density at radius 2 is 1.68 bits per heavy atom. The summed E-state index contributed by atoms with van der Waals surface area (Å²) in [4.78, 5) is 11.4. The van der Waals surface area contributed by atoms with E-state index in [4.69, 9.17) is 0 Å². The van der Waals surface area contributed by atoms with E-state index in [-0.39, 0.29) is 23.3 Å². The van der Waals surface area contributed by atoms with E-state index in [1.807, 2.05) is 0 Å². The quantitative estimate of drug-likeness (QED) is 0.862. The highest BCUT2D eigenvalue weighted by Crippen LogP contribution is 2.33. The molecule has 0 amide bonds. The zero-order chi connectivity index (χ0) is 16.5. The molecule has 0 bridgehead atoms. The van der Waals surface area contributed by atoms with Crippen molar-refractivity contribution in [2.45, 2.75) is 30.1 Å². The van der Waals surface area contributed by atoms with E-state index >= 15 is 0 Å². The maximum Gasteiger partial charge on any atom is 0.335 e. The van der Waals surface area contributed by atoms with Gasteiger partial charge >= 0.3 is 5.97 Å². The summed E-state index contributed by atoms with van der Waals surface area (Å²) < 4.78 is 49.1. The lowest BCUT2D eigenvalue weighted by Gasteiger charge is -2.08. The number of hydrogen-bond donors (Lipinski definition) is 1. The fraction of sp³-hybridized carbons (Fsp3) is 0.400. The van der Waals surface area contributed by atoms with Gasteiger partial charge in [0.15, 0.2) is 9.84 Å². The lowest BCUT2D eigenvalue weighted by Crippen LogP contribution is -2.06. The normalized spacial score (nSPS) is 26.1. The molecule has 2 rings (SSSR count). The molecule has 1 aliphatic rings. The van der Waals surface area contributed by atoms with E-state index in [2.05, 4.69) is 0 Å². The molecule has 1 aliphatic carbocycles. The van der Waals surface area contributed by atoms with Crippen LogP contribution < -0.4 is 0 Å². The monoisotopic (exact) mass is 330 g/mol. The van der Waals surface area contributed by atoms with Crippen molar-refractivity contribution in [1.82, 2.24) is 0 Å². The predicted molar refractivity (Wildman–Crippen MR) is 77.7 cm³/mol. The zero-order valence-corrected chi connectivity index (χ0v) is 12.7. The molecule has 22 heavy (non-hydrogen) atoms. The summed E-state index contributed by atoms with van der Waals surface area (Å²) in [5, 5.41) is 9.27. The summed E-state index contributed by atoms with van der Waals surface area (Å²) >= 11 is 0. The average molecular weight is 330 g/mol. The fourth-order valence-electron chi connectivity index (χ4n) is 2.51. The first-order valence-corrected chi connectivity index (χ1v) is 8.61. The average Bonchev–Trinajstić information content (AvgIpc) is 2.74. The molecule has 0 aromatic heterocycles. The van der Waals surface area contributed by atoms with Crippen molar-refractivity contribution in [3.8, 4) is 0 Å². The number of allylic oxidation sites excluding steroid dienone is 1. The van der Waals surface area contributed by atoms with Gasteiger partial charge in [0.2, 0.25) is 0 Å². The maximum atomic E-state index is 13.2. The molecule has 1 aromatic carbocycles. The minimum absolute atomic E-state index is 0.0423. The standard InChI is InChI=1S/C15H16F2O4S/c1-22(20,21)11-4-2-10(3-5-11)12(15(18)19)6-9-7-13(16)14(17)8-9/h2-6,9,13-14H,7-8H2,1H3,(H,18,19)/t9?,13-,14+. The third-order valence-electron chi connectivity index (χ3n) is 3.67. The van der Waals surface area contributed by atoms with Crippen LogP contribution in [0.3, 0.4) is 0 Å². The summed E-state index contributed by atoms with van der Waals surface area (Å²) in [7, 11) is -3.37. The Labute approximate surface area is 127 Å². The van der Waals surface area contributed by atoms with Gasteiger partial charge in [0.1, 0.15) is 12.3 Å². The third kappa shape index (κ3) is 3.71. The molecule has 4 nitrogen and oxygen atoms in total. The smallest absolute Gasteiger partial charge is 0.335 e. The maximum absolute atomic E-state index is 13.2. The molecule has 0 spiro atoms. The number of halogens is 2. The van der Waals surface area contributed by atoms with Gasteiger partial charge < -0.3 is 5.11 Å². The Morgan fingerprint density at radius 1 is 1.18 bits per heavy atom. The number of alkyl halides is 2. The van der Waals surface area contributed by atoms with Crippen LogP contribution in [-0.2, 0) is 14.6 Å². The van der Waals surface area contributed by atoms with Crippen LogP contribution >= 0.6 is 0 Å². The molecule has 0 saturated heterocycles. The van der Waals surface area contributed by atoms with E-state index in [0.29, 0.717) is 5.56 Å². The van der Waals surface area contributed by atoms with Gasteiger partial charge in [-0.3, -0.25) is 0 Å². The molecule has 1 aromatic rings. The number of aliphatic carboxylic acids is 1. The van der Waals surface area contributed by atoms with Gasteiger partial charge in [0.25, 0.3) is 0 Å². The van der Waals surface area contributed by atoms with E-state index in [0.717, 1.165) is 6.26 Å². The van der Waals surface area contributed by atoms with Crippen molar-refractivity contribution in [3.63, 3.8) is 0 Å². The van der Waals surface area contributed by atoms with E-state index in [1.165, 1.54) is 30.3 Å². The number of hydrogen-bond acceptors (Lipinski definition) is 3. The molecule has 3 atom stereocenters. The highest BCUT2D eigenvalue weighted by molar-refractivity contribution is 7.90. The number of carboxylic acid groups (broad SMARTS) is 1. The van der Waals surface area contributed by atoms with E-state index in [1.54, 1.807) is 0 Å². The second-order valence-corrected chi connectivity index (χ2v) is 7.46. The molecule has 0 radical (unpaired) electrons. The lowest BCUT2D eigenvalue weighted by atomic mass is 9.99. The molecular weight excluding hydrogens is 314 g/mol. The summed E-state index contributed by atoms with van der Waals surface area (Å²) in [6.45, 7) is 0. The van der Waals surface area contributed by atoms with Crippen molar-refractivity contribution in [2.75, 3.05) is 6.26 Å². The van der Waals surface area contributed by atoms with E-state index < -0.39 is 34.1 Å². The predicted octanol–water partition coefficient (Wildman–Crippen LogP) is 2.64. The van der Waals surface area contributed by atoms with Crippen LogP contribution in [0, 0.1) is 5.92 Å². The van der Waals surface area contributed by atoms with Gasteiger partial charge in [-0.1, -0.05) is 18.2 Å². The molecule has 1 saturated carbocycles. The first-order valence-electron chi connectivity index (χ1n) is 6.72. The molecule has 1 fully saturated rings.